The summed E-state index contributed by atoms with van der Waals surface area (Å²) < 4.78 is 31.9. The van der Waals surface area contributed by atoms with E-state index in [1.165, 1.54) is 12.1 Å². The van der Waals surface area contributed by atoms with Gasteiger partial charge in [-0.25, -0.2) is 13.1 Å². The van der Waals surface area contributed by atoms with E-state index < -0.39 is 10.0 Å². The van der Waals surface area contributed by atoms with Crippen molar-refractivity contribution in [3.05, 3.63) is 54.1 Å². The van der Waals surface area contributed by atoms with E-state index in [9.17, 15) is 13.2 Å². The molecule has 0 aromatic heterocycles. The van der Waals surface area contributed by atoms with E-state index >= 15 is 0 Å². The molecule has 0 atom stereocenters. The maximum Gasteiger partial charge on any atom is 0.256 e. The molecule has 0 saturated carbocycles. The smallest absolute Gasteiger partial charge is 0.256 e. The first-order valence-electron chi connectivity index (χ1n) is 9.09. The van der Waals surface area contributed by atoms with Crippen molar-refractivity contribution < 1.29 is 17.9 Å². The summed E-state index contributed by atoms with van der Waals surface area (Å²) in [4.78, 5) is 13.7. The lowest BCUT2D eigenvalue weighted by atomic mass is 10.2. The summed E-state index contributed by atoms with van der Waals surface area (Å²) in [5.41, 5.74) is 1.15. The van der Waals surface area contributed by atoms with Gasteiger partial charge in [0.1, 0.15) is 0 Å². The lowest BCUT2D eigenvalue weighted by Crippen LogP contribution is -2.25. The summed E-state index contributed by atoms with van der Waals surface area (Å²) in [5, 5.41) is 2.83. The molecular formula is C20H26N2O4S2. The molecule has 0 unspecified atom stereocenters. The van der Waals surface area contributed by atoms with Crippen molar-refractivity contribution in [1.29, 1.82) is 0 Å². The molecule has 0 aliphatic heterocycles. The van der Waals surface area contributed by atoms with Crippen molar-refractivity contribution >= 4 is 33.4 Å². The molecule has 28 heavy (non-hydrogen) atoms. The summed E-state index contributed by atoms with van der Waals surface area (Å²) in [6, 6.07) is 13.6. The van der Waals surface area contributed by atoms with Crippen LogP contribution in [-0.2, 0) is 14.8 Å². The average Bonchev–Trinajstić information content (AvgIpc) is 2.70. The fourth-order valence-electron chi connectivity index (χ4n) is 2.41. The van der Waals surface area contributed by atoms with Crippen LogP contribution in [0.5, 0.6) is 0 Å². The third kappa shape index (κ3) is 6.63. The molecule has 8 heteroatoms. The number of carbonyl (C=O) groups excluding carboxylic acids is 1. The number of methoxy groups -OCH3 is 1. The quantitative estimate of drug-likeness (QED) is 0.425. The summed E-state index contributed by atoms with van der Waals surface area (Å²) in [7, 11) is -2.00. The fraction of sp³-hybridized carbons (Fsp3) is 0.350. The van der Waals surface area contributed by atoms with Crippen LogP contribution in [0.2, 0.25) is 0 Å². The Kier molecular flexibility index (Phi) is 8.98. The van der Waals surface area contributed by atoms with E-state index in [4.69, 9.17) is 4.74 Å². The second-order valence-electron chi connectivity index (χ2n) is 6.07. The van der Waals surface area contributed by atoms with E-state index in [1.807, 2.05) is 18.2 Å². The SMILES string of the molecule is CCCSc1ccccc1C(=O)Nc1ccc(S(=O)(=O)NCCCOC)cc1. The first kappa shape index (κ1) is 22.4. The van der Waals surface area contributed by atoms with Crippen LogP contribution in [-0.4, -0.2) is 40.3 Å². The van der Waals surface area contributed by atoms with Gasteiger partial charge in [-0.1, -0.05) is 19.1 Å². The van der Waals surface area contributed by atoms with Gasteiger partial charge in [-0.15, -0.1) is 11.8 Å². The standard InChI is InChI=1S/C20H26N2O4S2/c1-3-15-27-19-8-5-4-7-18(19)20(23)22-16-9-11-17(12-10-16)28(24,25)21-13-6-14-26-2/h4-5,7-12,21H,3,6,13-15H2,1-2H3,(H,22,23). The predicted molar refractivity (Wildman–Crippen MR) is 114 cm³/mol. The largest absolute Gasteiger partial charge is 0.385 e. The zero-order valence-corrected chi connectivity index (χ0v) is 17.7. The Morgan fingerprint density at radius 3 is 2.50 bits per heavy atom. The third-order valence-corrected chi connectivity index (χ3v) is 6.59. The van der Waals surface area contributed by atoms with Gasteiger partial charge in [0.2, 0.25) is 10.0 Å². The molecule has 0 fully saturated rings. The van der Waals surface area contributed by atoms with Crippen molar-refractivity contribution in [2.24, 2.45) is 0 Å². The monoisotopic (exact) mass is 422 g/mol. The molecule has 0 aliphatic rings. The van der Waals surface area contributed by atoms with Gasteiger partial charge < -0.3 is 10.1 Å². The Labute approximate surface area is 171 Å². The van der Waals surface area contributed by atoms with Gasteiger partial charge in [-0.3, -0.25) is 4.79 Å². The van der Waals surface area contributed by atoms with Crippen molar-refractivity contribution in [1.82, 2.24) is 4.72 Å². The van der Waals surface area contributed by atoms with Crippen LogP contribution >= 0.6 is 11.8 Å². The molecule has 0 radical (unpaired) electrons. The number of hydrogen-bond acceptors (Lipinski definition) is 5. The van der Waals surface area contributed by atoms with Crippen molar-refractivity contribution in [2.75, 3.05) is 31.3 Å². The van der Waals surface area contributed by atoms with Crippen LogP contribution in [0.4, 0.5) is 5.69 Å². The van der Waals surface area contributed by atoms with Gasteiger partial charge in [-0.05, 0) is 55.0 Å². The second-order valence-corrected chi connectivity index (χ2v) is 8.97. The summed E-state index contributed by atoms with van der Waals surface area (Å²) in [5.74, 6) is 0.723. The first-order valence-corrected chi connectivity index (χ1v) is 11.6. The second kappa shape index (κ2) is 11.2. The number of nitrogens with one attached hydrogen (secondary N) is 2. The molecule has 6 nitrogen and oxygen atoms in total. The van der Waals surface area contributed by atoms with Gasteiger partial charge in [0.05, 0.1) is 10.5 Å². The Morgan fingerprint density at radius 1 is 1.11 bits per heavy atom. The highest BCUT2D eigenvalue weighted by Gasteiger charge is 2.15. The number of anilines is 1. The Morgan fingerprint density at radius 2 is 1.82 bits per heavy atom. The Hall–Kier alpha value is -1.87. The molecule has 2 rings (SSSR count). The molecule has 2 aromatic rings. The number of hydrogen-bond donors (Lipinski definition) is 2. The Bertz CT molecular complexity index is 868. The van der Waals surface area contributed by atoms with Crippen LogP contribution in [0.3, 0.4) is 0 Å². The number of thioether (sulfide) groups is 1. The maximum atomic E-state index is 12.6. The lowest BCUT2D eigenvalue weighted by Gasteiger charge is -2.11. The van der Waals surface area contributed by atoms with E-state index in [2.05, 4.69) is 17.0 Å². The van der Waals surface area contributed by atoms with Gasteiger partial charge in [-0.2, -0.15) is 0 Å². The number of amides is 1. The van der Waals surface area contributed by atoms with Crippen LogP contribution in [0, 0.1) is 0 Å². The highest BCUT2D eigenvalue weighted by Crippen LogP contribution is 2.24. The van der Waals surface area contributed by atoms with Crippen LogP contribution in [0.15, 0.2) is 58.3 Å². The normalized spacial score (nSPS) is 11.4. The third-order valence-electron chi connectivity index (χ3n) is 3.83. The summed E-state index contributed by atoms with van der Waals surface area (Å²) >= 11 is 1.65. The summed E-state index contributed by atoms with van der Waals surface area (Å²) in [6.07, 6.45) is 1.62. The van der Waals surface area contributed by atoms with E-state index in [-0.39, 0.29) is 10.8 Å². The fourth-order valence-corrected chi connectivity index (χ4v) is 4.40. The molecule has 1 amide bonds. The molecular weight excluding hydrogens is 396 g/mol. The van der Waals surface area contributed by atoms with E-state index in [0.717, 1.165) is 17.1 Å². The zero-order valence-electron chi connectivity index (χ0n) is 16.1. The zero-order chi connectivity index (χ0) is 20.4. The topological polar surface area (TPSA) is 84.5 Å². The van der Waals surface area contributed by atoms with E-state index in [1.54, 1.807) is 37.1 Å². The van der Waals surface area contributed by atoms with Crippen LogP contribution < -0.4 is 10.0 Å². The highest BCUT2D eigenvalue weighted by atomic mass is 32.2. The van der Waals surface area contributed by atoms with Gasteiger partial charge in [0, 0.05) is 30.8 Å². The molecule has 0 spiro atoms. The maximum absolute atomic E-state index is 12.6. The number of rotatable bonds is 11. The minimum atomic E-state index is -3.58. The molecule has 0 saturated heterocycles. The summed E-state index contributed by atoms with van der Waals surface area (Å²) in [6.45, 7) is 2.89. The first-order chi connectivity index (χ1) is 13.5. The van der Waals surface area contributed by atoms with Gasteiger partial charge in [0.15, 0.2) is 0 Å². The number of benzene rings is 2. The van der Waals surface area contributed by atoms with Crippen LogP contribution in [0.25, 0.3) is 0 Å². The average molecular weight is 423 g/mol. The minimum absolute atomic E-state index is 0.154. The van der Waals surface area contributed by atoms with Crippen molar-refractivity contribution in [2.45, 2.75) is 29.6 Å². The van der Waals surface area contributed by atoms with Crippen molar-refractivity contribution in [3.8, 4) is 0 Å². The van der Waals surface area contributed by atoms with Crippen molar-refractivity contribution in [3.63, 3.8) is 0 Å². The lowest BCUT2D eigenvalue weighted by molar-refractivity contribution is 0.102. The van der Waals surface area contributed by atoms with Crippen LogP contribution in [0.1, 0.15) is 30.1 Å². The molecule has 152 valence electrons. The Balaban J connectivity index is 2.03. The molecule has 2 N–H and O–H groups in total. The predicted octanol–water partition coefficient (Wildman–Crippen LogP) is 3.76. The van der Waals surface area contributed by atoms with Gasteiger partial charge >= 0.3 is 0 Å². The molecule has 0 bridgehead atoms. The molecule has 0 heterocycles. The number of sulfonamides is 1. The van der Waals surface area contributed by atoms with Gasteiger partial charge in [0.25, 0.3) is 5.91 Å². The van der Waals surface area contributed by atoms with E-state index in [0.29, 0.717) is 30.8 Å². The highest BCUT2D eigenvalue weighted by molar-refractivity contribution is 7.99. The molecule has 0 aliphatic carbocycles. The minimum Gasteiger partial charge on any atom is -0.385 e. The molecule has 2 aromatic carbocycles. The number of carbonyl (C=O) groups is 1. The number of ether oxygens (including phenoxy) is 1.